The van der Waals surface area contributed by atoms with Crippen molar-refractivity contribution in [2.75, 3.05) is 20.7 Å². The molecule has 0 fully saturated rings. The Labute approximate surface area is 199 Å². The number of guanidine groups is 1. The van der Waals surface area contributed by atoms with E-state index in [0.717, 1.165) is 28.2 Å². The molecule has 0 amide bonds. The monoisotopic (exact) mass is 537 g/mol. The average molecular weight is 537 g/mol. The van der Waals surface area contributed by atoms with Gasteiger partial charge >= 0.3 is 0 Å². The van der Waals surface area contributed by atoms with E-state index < -0.39 is 0 Å². The van der Waals surface area contributed by atoms with Crippen molar-refractivity contribution in [3.63, 3.8) is 0 Å². The number of nitrogens with one attached hydrogen (secondary N) is 2. The highest BCUT2D eigenvalue weighted by Gasteiger charge is 2.13. The minimum atomic E-state index is -0.264. The van der Waals surface area contributed by atoms with Crippen molar-refractivity contribution in [1.82, 2.24) is 20.4 Å². The van der Waals surface area contributed by atoms with E-state index in [1.165, 1.54) is 12.1 Å². The Kier molecular flexibility index (Phi) is 9.44. The van der Waals surface area contributed by atoms with Gasteiger partial charge in [0.25, 0.3) is 0 Å². The normalized spacial score (nSPS) is 12.2. The second-order valence-electron chi connectivity index (χ2n) is 7.05. The molecular formula is C23H29FIN5O. The lowest BCUT2D eigenvalue weighted by Crippen LogP contribution is -2.39. The summed E-state index contributed by atoms with van der Waals surface area (Å²) < 4.78 is 20.7. The Bertz CT molecular complexity index is 1000. The number of methoxy groups -OCH3 is 1. The third-order valence-electron chi connectivity index (χ3n) is 4.88. The number of hydrogen-bond donors (Lipinski definition) is 2. The maximum Gasteiger partial charge on any atom is 0.191 e. The zero-order valence-corrected chi connectivity index (χ0v) is 20.6. The van der Waals surface area contributed by atoms with Crippen LogP contribution in [0.5, 0.6) is 0 Å². The van der Waals surface area contributed by atoms with E-state index in [1.807, 2.05) is 30.7 Å². The third-order valence-corrected chi connectivity index (χ3v) is 4.88. The molecule has 0 aliphatic heterocycles. The van der Waals surface area contributed by atoms with E-state index in [4.69, 9.17) is 4.74 Å². The van der Waals surface area contributed by atoms with E-state index >= 15 is 0 Å². The van der Waals surface area contributed by atoms with Crippen molar-refractivity contribution in [3.05, 3.63) is 82.9 Å². The van der Waals surface area contributed by atoms with E-state index in [9.17, 15) is 4.39 Å². The highest BCUT2D eigenvalue weighted by molar-refractivity contribution is 14.0. The first kappa shape index (κ1) is 24.8. The SMILES string of the molecule is CN=C(NCc1ccccc1-n1nc(C)cc1C)NCC(OC)c1ccc(F)cc1.I. The molecule has 3 aromatic rings. The van der Waals surface area contributed by atoms with Crippen LogP contribution in [-0.4, -0.2) is 36.4 Å². The van der Waals surface area contributed by atoms with Crippen molar-refractivity contribution in [2.24, 2.45) is 4.99 Å². The van der Waals surface area contributed by atoms with Crippen molar-refractivity contribution < 1.29 is 9.13 Å². The zero-order valence-electron chi connectivity index (χ0n) is 18.2. The van der Waals surface area contributed by atoms with Crippen LogP contribution in [0.1, 0.15) is 28.6 Å². The molecule has 6 nitrogen and oxygen atoms in total. The van der Waals surface area contributed by atoms with Gasteiger partial charge in [0, 0.05) is 32.9 Å². The Hall–Kier alpha value is -2.46. The van der Waals surface area contributed by atoms with Crippen LogP contribution in [0.4, 0.5) is 4.39 Å². The fraction of sp³-hybridized carbons (Fsp3) is 0.304. The summed E-state index contributed by atoms with van der Waals surface area (Å²) >= 11 is 0. The number of nitrogens with zero attached hydrogens (tertiary/aromatic N) is 3. The number of aromatic nitrogens is 2. The number of aliphatic imine (C=N–C) groups is 1. The molecular weight excluding hydrogens is 508 g/mol. The van der Waals surface area contributed by atoms with E-state index in [0.29, 0.717) is 19.0 Å². The molecule has 31 heavy (non-hydrogen) atoms. The molecule has 0 saturated carbocycles. The third kappa shape index (κ3) is 6.51. The molecule has 1 heterocycles. The van der Waals surface area contributed by atoms with Gasteiger partial charge in [-0.3, -0.25) is 4.99 Å². The first-order chi connectivity index (χ1) is 14.5. The van der Waals surface area contributed by atoms with Gasteiger partial charge in [-0.25, -0.2) is 9.07 Å². The number of rotatable bonds is 7. The predicted octanol–water partition coefficient (Wildman–Crippen LogP) is 4.30. The number of halogens is 2. The summed E-state index contributed by atoms with van der Waals surface area (Å²) in [6.07, 6.45) is -0.217. The Morgan fingerprint density at radius 3 is 2.45 bits per heavy atom. The summed E-state index contributed by atoms with van der Waals surface area (Å²) in [5.41, 5.74) is 5.11. The van der Waals surface area contributed by atoms with Gasteiger partial charge in [0.05, 0.1) is 17.5 Å². The van der Waals surface area contributed by atoms with Crippen LogP contribution in [0.2, 0.25) is 0 Å². The molecule has 1 unspecified atom stereocenters. The smallest absolute Gasteiger partial charge is 0.191 e. The summed E-state index contributed by atoms with van der Waals surface area (Å²) in [6.45, 7) is 5.12. The maximum absolute atomic E-state index is 13.2. The summed E-state index contributed by atoms with van der Waals surface area (Å²) in [7, 11) is 3.36. The summed E-state index contributed by atoms with van der Waals surface area (Å²) in [6, 6.07) is 16.5. The number of para-hydroxylation sites is 1. The molecule has 166 valence electrons. The van der Waals surface area contributed by atoms with Crippen LogP contribution in [0.25, 0.3) is 5.69 Å². The molecule has 1 aromatic heterocycles. The lowest BCUT2D eigenvalue weighted by atomic mass is 10.1. The van der Waals surface area contributed by atoms with Crippen LogP contribution in [-0.2, 0) is 11.3 Å². The van der Waals surface area contributed by atoms with E-state index in [1.54, 1.807) is 26.3 Å². The van der Waals surface area contributed by atoms with Gasteiger partial charge < -0.3 is 15.4 Å². The van der Waals surface area contributed by atoms with Gasteiger partial charge in [0.1, 0.15) is 5.82 Å². The first-order valence-corrected chi connectivity index (χ1v) is 9.86. The summed E-state index contributed by atoms with van der Waals surface area (Å²) in [5, 5.41) is 11.2. The van der Waals surface area contributed by atoms with Gasteiger partial charge in [0.15, 0.2) is 5.96 Å². The van der Waals surface area contributed by atoms with Crippen molar-refractivity contribution >= 4 is 29.9 Å². The largest absolute Gasteiger partial charge is 0.375 e. The zero-order chi connectivity index (χ0) is 21.5. The molecule has 0 aliphatic rings. The average Bonchev–Trinajstić information content (AvgIpc) is 3.09. The molecule has 0 spiro atoms. The predicted molar refractivity (Wildman–Crippen MR) is 133 cm³/mol. The number of benzene rings is 2. The fourth-order valence-electron chi connectivity index (χ4n) is 3.34. The topological polar surface area (TPSA) is 63.5 Å². The van der Waals surface area contributed by atoms with Crippen LogP contribution in [0.3, 0.4) is 0 Å². The number of aryl methyl sites for hydroxylation is 2. The lowest BCUT2D eigenvalue weighted by Gasteiger charge is -2.19. The van der Waals surface area contributed by atoms with Gasteiger partial charge in [-0.1, -0.05) is 30.3 Å². The second-order valence-corrected chi connectivity index (χ2v) is 7.05. The molecule has 1 atom stereocenters. The molecule has 8 heteroatoms. The molecule has 0 radical (unpaired) electrons. The molecule has 0 aliphatic carbocycles. The van der Waals surface area contributed by atoms with Crippen LogP contribution in [0, 0.1) is 19.7 Å². The Morgan fingerprint density at radius 2 is 1.84 bits per heavy atom. The molecule has 0 saturated heterocycles. The highest BCUT2D eigenvalue weighted by Crippen LogP contribution is 2.18. The lowest BCUT2D eigenvalue weighted by molar-refractivity contribution is 0.106. The molecule has 2 N–H and O–H groups in total. The van der Waals surface area contributed by atoms with Gasteiger partial charge in [0.2, 0.25) is 0 Å². The Morgan fingerprint density at radius 1 is 1.13 bits per heavy atom. The minimum Gasteiger partial charge on any atom is -0.375 e. The van der Waals surface area contributed by atoms with E-state index in [2.05, 4.69) is 38.9 Å². The van der Waals surface area contributed by atoms with Gasteiger partial charge in [-0.2, -0.15) is 5.10 Å². The number of ether oxygens (including phenoxy) is 1. The van der Waals surface area contributed by atoms with Crippen LogP contribution in [0.15, 0.2) is 59.6 Å². The summed E-state index contributed by atoms with van der Waals surface area (Å²) in [5.74, 6) is 0.391. The quantitative estimate of drug-likeness (QED) is 0.268. The molecule has 0 bridgehead atoms. The van der Waals surface area contributed by atoms with Crippen molar-refractivity contribution in [3.8, 4) is 5.69 Å². The van der Waals surface area contributed by atoms with Crippen LogP contribution >= 0.6 is 24.0 Å². The first-order valence-electron chi connectivity index (χ1n) is 9.86. The minimum absolute atomic E-state index is 0. The van der Waals surface area contributed by atoms with Crippen molar-refractivity contribution in [2.45, 2.75) is 26.5 Å². The van der Waals surface area contributed by atoms with E-state index in [-0.39, 0.29) is 35.9 Å². The van der Waals surface area contributed by atoms with Crippen LogP contribution < -0.4 is 10.6 Å². The van der Waals surface area contributed by atoms with Crippen molar-refractivity contribution in [1.29, 1.82) is 0 Å². The highest BCUT2D eigenvalue weighted by atomic mass is 127. The fourth-order valence-corrected chi connectivity index (χ4v) is 3.34. The molecule has 2 aromatic carbocycles. The number of hydrogen-bond acceptors (Lipinski definition) is 3. The van der Waals surface area contributed by atoms with Gasteiger partial charge in [-0.15, -0.1) is 24.0 Å². The summed E-state index contributed by atoms with van der Waals surface area (Å²) in [4.78, 5) is 4.30. The maximum atomic E-state index is 13.2. The standard InChI is InChI=1S/C23H28FN5O.HI/c1-16-13-17(2)29(28-16)21-8-6-5-7-19(21)14-26-23(25-3)27-15-22(30-4)18-9-11-20(24)12-10-18;/h5-13,22H,14-15H2,1-4H3,(H2,25,26,27);1H. The second kappa shape index (κ2) is 11.8. The molecule has 3 rings (SSSR count). The van der Waals surface area contributed by atoms with Gasteiger partial charge in [-0.05, 0) is 49.2 Å². The Balaban J connectivity index is 0.00000341.